The minimum absolute atomic E-state index is 0.0185. The number of aryl methyl sites for hydroxylation is 1. The minimum atomic E-state index is -0.503. The van der Waals surface area contributed by atoms with Crippen molar-refractivity contribution in [1.29, 1.82) is 0 Å². The molecule has 1 aromatic heterocycles. The molecular formula is C12H13ClN4O2. The van der Waals surface area contributed by atoms with Gasteiger partial charge in [0, 0.05) is 25.0 Å². The Morgan fingerprint density at radius 1 is 1.47 bits per heavy atom. The molecular weight excluding hydrogens is 268 g/mol. The van der Waals surface area contributed by atoms with Crippen molar-refractivity contribution < 1.29 is 4.92 Å². The van der Waals surface area contributed by atoms with E-state index in [1.165, 1.54) is 6.07 Å². The normalized spacial score (nSPS) is 12.2. The van der Waals surface area contributed by atoms with E-state index in [-0.39, 0.29) is 16.8 Å². The van der Waals surface area contributed by atoms with Gasteiger partial charge >= 0.3 is 0 Å². The molecule has 0 aliphatic heterocycles. The van der Waals surface area contributed by atoms with E-state index in [1.807, 2.05) is 20.0 Å². The molecule has 0 aliphatic carbocycles. The van der Waals surface area contributed by atoms with Crippen LogP contribution in [-0.2, 0) is 7.05 Å². The van der Waals surface area contributed by atoms with Gasteiger partial charge in [-0.15, -0.1) is 0 Å². The Bertz CT molecular complexity index is 612. The smallest absolute Gasteiger partial charge is 0.288 e. The topological polar surface area (TPSA) is 73.0 Å². The first-order valence-corrected chi connectivity index (χ1v) is 6.05. The summed E-state index contributed by atoms with van der Waals surface area (Å²) in [6, 6.07) is 6.50. The molecule has 0 bridgehead atoms. The number of nitrogens with zero attached hydrogens (tertiary/aromatic N) is 3. The number of hydrogen-bond acceptors (Lipinski definition) is 4. The number of anilines is 1. The zero-order valence-electron chi connectivity index (χ0n) is 10.5. The molecule has 0 saturated carbocycles. The summed E-state index contributed by atoms with van der Waals surface area (Å²) >= 11 is 5.86. The number of benzene rings is 1. The van der Waals surface area contributed by atoms with Crippen LogP contribution in [0.5, 0.6) is 0 Å². The van der Waals surface area contributed by atoms with E-state index in [9.17, 15) is 10.1 Å². The molecule has 7 heteroatoms. The highest BCUT2D eigenvalue weighted by molar-refractivity contribution is 6.32. The fourth-order valence-corrected chi connectivity index (χ4v) is 2.13. The van der Waals surface area contributed by atoms with E-state index < -0.39 is 4.92 Å². The zero-order chi connectivity index (χ0) is 14.0. The highest BCUT2D eigenvalue weighted by Crippen LogP contribution is 2.28. The molecule has 0 aliphatic rings. The molecule has 1 heterocycles. The zero-order valence-corrected chi connectivity index (χ0v) is 11.3. The number of nitro groups is 1. The molecule has 2 rings (SSSR count). The summed E-state index contributed by atoms with van der Waals surface area (Å²) in [4.78, 5) is 10.2. The SMILES string of the molecule is CC(Nc1ccc([N+](=O)[O-])c(Cl)c1)c1ccnn1C. The first kappa shape index (κ1) is 13.4. The predicted molar refractivity (Wildman–Crippen MR) is 73.4 cm³/mol. The van der Waals surface area contributed by atoms with E-state index in [2.05, 4.69) is 10.4 Å². The van der Waals surface area contributed by atoms with Crippen LogP contribution in [0.25, 0.3) is 0 Å². The Morgan fingerprint density at radius 3 is 2.74 bits per heavy atom. The molecule has 2 aromatic rings. The summed E-state index contributed by atoms with van der Waals surface area (Å²) in [6.45, 7) is 1.98. The maximum atomic E-state index is 10.7. The second-order valence-corrected chi connectivity index (χ2v) is 4.58. The number of nitrogens with one attached hydrogen (secondary N) is 1. The van der Waals surface area contributed by atoms with Gasteiger partial charge in [-0.1, -0.05) is 11.6 Å². The summed E-state index contributed by atoms with van der Waals surface area (Å²) in [7, 11) is 1.86. The van der Waals surface area contributed by atoms with Gasteiger partial charge in [-0.3, -0.25) is 14.8 Å². The third kappa shape index (κ3) is 2.85. The van der Waals surface area contributed by atoms with Gasteiger partial charge in [0.25, 0.3) is 5.69 Å². The molecule has 0 spiro atoms. The molecule has 100 valence electrons. The van der Waals surface area contributed by atoms with Gasteiger partial charge in [0.15, 0.2) is 0 Å². The maximum Gasteiger partial charge on any atom is 0.288 e. The number of aromatic nitrogens is 2. The van der Waals surface area contributed by atoms with Crippen molar-refractivity contribution in [1.82, 2.24) is 9.78 Å². The van der Waals surface area contributed by atoms with Crippen molar-refractivity contribution in [3.05, 3.63) is 51.3 Å². The largest absolute Gasteiger partial charge is 0.377 e. The van der Waals surface area contributed by atoms with E-state index in [0.29, 0.717) is 0 Å². The average Bonchev–Trinajstić information content (AvgIpc) is 2.75. The lowest BCUT2D eigenvalue weighted by atomic mass is 10.2. The van der Waals surface area contributed by atoms with Crippen molar-refractivity contribution in [2.45, 2.75) is 13.0 Å². The van der Waals surface area contributed by atoms with E-state index >= 15 is 0 Å². The van der Waals surface area contributed by atoms with Crippen LogP contribution in [0.2, 0.25) is 5.02 Å². The second kappa shape index (κ2) is 5.27. The molecule has 1 N–H and O–H groups in total. The van der Waals surface area contributed by atoms with Gasteiger partial charge < -0.3 is 5.32 Å². The number of rotatable bonds is 4. The fourth-order valence-electron chi connectivity index (χ4n) is 1.88. The molecule has 0 radical (unpaired) electrons. The summed E-state index contributed by atoms with van der Waals surface area (Å²) in [5, 5.41) is 18.1. The van der Waals surface area contributed by atoms with Crippen molar-refractivity contribution in [3.8, 4) is 0 Å². The highest BCUT2D eigenvalue weighted by Gasteiger charge is 2.14. The van der Waals surface area contributed by atoms with Crippen LogP contribution in [0.3, 0.4) is 0 Å². The van der Waals surface area contributed by atoms with Crippen LogP contribution >= 0.6 is 11.6 Å². The lowest BCUT2D eigenvalue weighted by Gasteiger charge is -2.15. The molecule has 19 heavy (non-hydrogen) atoms. The molecule has 1 unspecified atom stereocenters. The lowest BCUT2D eigenvalue weighted by molar-refractivity contribution is -0.384. The summed E-state index contributed by atoms with van der Waals surface area (Å²) < 4.78 is 1.77. The number of hydrogen-bond donors (Lipinski definition) is 1. The molecule has 6 nitrogen and oxygen atoms in total. The van der Waals surface area contributed by atoms with E-state index in [1.54, 1.807) is 23.0 Å². The van der Waals surface area contributed by atoms with Gasteiger partial charge in [-0.2, -0.15) is 5.10 Å². The van der Waals surface area contributed by atoms with Crippen molar-refractivity contribution >= 4 is 23.0 Å². The molecule has 1 aromatic carbocycles. The van der Waals surface area contributed by atoms with Crippen molar-refractivity contribution in [2.75, 3.05) is 5.32 Å². The van der Waals surface area contributed by atoms with Crippen LogP contribution in [0, 0.1) is 10.1 Å². The van der Waals surface area contributed by atoms with Crippen LogP contribution in [-0.4, -0.2) is 14.7 Å². The van der Waals surface area contributed by atoms with E-state index in [0.717, 1.165) is 11.4 Å². The minimum Gasteiger partial charge on any atom is -0.377 e. The Morgan fingerprint density at radius 2 is 2.21 bits per heavy atom. The monoisotopic (exact) mass is 280 g/mol. The highest BCUT2D eigenvalue weighted by atomic mass is 35.5. The van der Waals surface area contributed by atoms with Crippen molar-refractivity contribution in [2.24, 2.45) is 7.05 Å². The molecule has 0 amide bonds. The van der Waals surface area contributed by atoms with Gasteiger partial charge in [0.1, 0.15) is 5.02 Å². The molecule has 0 saturated heterocycles. The number of nitro benzene ring substituents is 1. The Balaban J connectivity index is 2.18. The average molecular weight is 281 g/mol. The fraction of sp³-hybridized carbons (Fsp3) is 0.250. The summed E-state index contributed by atoms with van der Waals surface area (Å²) in [5.41, 5.74) is 1.64. The second-order valence-electron chi connectivity index (χ2n) is 4.17. The Labute approximate surface area is 115 Å². The van der Waals surface area contributed by atoms with E-state index in [4.69, 9.17) is 11.6 Å². The first-order chi connectivity index (χ1) is 8.99. The van der Waals surface area contributed by atoms with Crippen molar-refractivity contribution in [3.63, 3.8) is 0 Å². The quantitative estimate of drug-likeness (QED) is 0.690. The van der Waals surface area contributed by atoms with Crippen LogP contribution in [0.15, 0.2) is 30.5 Å². The number of halogens is 1. The predicted octanol–water partition coefficient (Wildman–Crippen LogP) is 3.15. The first-order valence-electron chi connectivity index (χ1n) is 5.67. The lowest BCUT2D eigenvalue weighted by Crippen LogP contribution is -2.11. The standard InChI is InChI=1S/C12H13ClN4O2/c1-8(11-5-6-14-16(11)2)15-9-3-4-12(17(18)19)10(13)7-9/h3-8,15H,1-2H3. The summed E-state index contributed by atoms with van der Waals surface area (Å²) in [5.74, 6) is 0. The third-order valence-corrected chi connectivity index (χ3v) is 3.13. The Kier molecular flexibility index (Phi) is 3.71. The van der Waals surface area contributed by atoms with Crippen LogP contribution in [0.4, 0.5) is 11.4 Å². The Hall–Kier alpha value is -2.08. The van der Waals surface area contributed by atoms with Gasteiger partial charge in [-0.25, -0.2) is 0 Å². The molecule has 1 atom stereocenters. The summed E-state index contributed by atoms with van der Waals surface area (Å²) in [6.07, 6.45) is 1.72. The van der Waals surface area contributed by atoms with Crippen LogP contribution in [0.1, 0.15) is 18.7 Å². The maximum absolute atomic E-state index is 10.7. The van der Waals surface area contributed by atoms with Crippen LogP contribution < -0.4 is 5.32 Å². The van der Waals surface area contributed by atoms with Gasteiger partial charge in [0.2, 0.25) is 0 Å². The molecule has 0 fully saturated rings. The van der Waals surface area contributed by atoms with Gasteiger partial charge in [0.05, 0.1) is 16.7 Å². The third-order valence-electron chi connectivity index (χ3n) is 2.83. The van der Waals surface area contributed by atoms with Gasteiger partial charge in [-0.05, 0) is 25.1 Å².